The molecule has 15 heteroatoms. The normalized spacial score (nSPS) is 30.4. The van der Waals surface area contributed by atoms with E-state index in [4.69, 9.17) is 5.73 Å². The Kier molecular flexibility index (Phi) is 11.0. The number of likely N-dealkylation sites (N-methyl/N-ethyl adjacent to an activating group) is 1. The van der Waals surface area contributed by atoms with Crippen molar-refractivity contribution in [3.63, 3.8) is 0 Å². The highest BCUT2D eigenvalue weighted by molar-refractivity contribution is 8.00. The van der Waals surface area contributed by atoms with E-state index in [1.807, 2.05) is 0 Å². The molecule has 1 fully saturated rings. The second-order valence-electron chi connectivity index (χ2n) is 7.44. The van der Waals surface area contributed by atoms with Crippen molar-refractivity contribution in [1.29, 1.82) is 0 Å². The van der Waals surface area contributed by atoms with Gasteiger partial charge in [0.1, 0.15) is 23.4 Å². The second-order valence-corrected chi connectivity index (χ2v) is 8.61. The first kappa shape index (κ1) is 28.1. The summed E-state index contributed by atoms with van der Waals surface area (Å²) in [4.78, 5) is 73.3. The van der Waals surface area contributed by atoms with Crippen LogP contribution in [0.4, 0.5) is 0 Å². The monoisotopic (exact) mass is 490 g/mol. The summed E-state index contributed by atoms with van der Waals surface area (Å²) in [7, 11) is 1.46. The third-order valence-corrected chi connectivity index (χ3v) is 6.28. The van der Waals surface area contributed by atoms with Crippen molar-refractivity contribution in [3.05, 3.63) is 0 Å². The molecule has 0 aromatic heterocycles. The molecule has 33 heavy (non-hydrogen) atoms. The van der Waals surface area contributed by atoms with Gasteiger partial charge in [-0.05, 0) is 20.9 Å². The first-order valence-electron chi connectivity index (χ1n) is 10.0. The molecule has 1 heterocycles. The van der Waals surface area contributed by atoms with E-state index < -0.39 is 84.0 Å². The Morgan fingerprint density at radius 3 is 2.09 bits per heavy atom. The number of amides is 5. The van der Waals surface area contributed by atoms with Crippen LogP contribution in [0.3, 0.4) is 0 Å². The molecule has 5 unspecified atom stereocenters. The number of aliphatic carboxylic acids is 1. The summed E-state index contributed by atoms with van der Waals surface area (Å²) in [6, 6.07) is -5.90. The molecular weight excluding hydrogens is 460 g/mol. The lowest BCUT2D eigenvalue weighted by Gasteiger charge is -2.27. The van der Waals surface area contributed by atoms with Gasteiger partial charge in [0.25, 0.3) is 0 Å². The molecule has 0 spiro atoms. The molecule has 9 N–H and O–H groups in total. The standard InChI is InChI=1S/C18H30N6O8S/c1-7-13(18(31)32)33-6-11(20-3)17(30)24-10(5-25)16(29)22-8(2)14(27)23-9(4-12(19)26)15(28)21-7/h7-11,13,20,25H,4-6H2,1-3H3,(H2,19,26)(H,21,28)(H,22,29)(H,23,27)(H,24,30)(H,31,32)/t7?,8-,9?,10?,11?,13?/m0/s1. The number of nitrogens with one attached hydrogen (secondary N) is 5. The van der Waals surface area contributed by atoms with E-state index in [1.165, 1.54) is 20.9 Å². The molecule has 0 aromatic rings. The van der Waals surface area contributed by atoms with Crippen LogP contribution in [-0.2, 0) is 28.8 Å². The van der Waals surface area contributed by atoms with Gasteiger partial charge in [-0.15, -0.1) is 11.8 Å². The second kappa shape index (κ2) is 13.0. The minimum atomic E-state index is -1.41. The van der Waals surface area contributed by atoms with E-state index in [0.717, 1.165) is 11.8 Å². The lowest BCUT2D eigenvalue weighted by atomic mass is 10.1. The first-order chi connectivity index (χ1) is 15.4. The molecule has 0 radical (unpaired) electrons. The Morgan fingerprint density at radius 1 is 1.00 bits per heavy atom. The zero-order chi connectivity index (χ0) is 25.3. The predicted molar refractivity (Wildman–Crippen MR) is 117 cm³/mol. The average molecular weight is 491 g/mol. The van der Waals surface area contributed by atoms with Crippen molar-refractivity contribution in [2.24, 2.45) is 5.73 Å². The van der Waals surface area contributed by atoms with Crippen molar-refractivity contribution in [1.82, 2.24) is 26.6 Å². The van der Waals surface area contributed by atoms with Gasteiger partial charge in [-0.2, -0.15) is 0 Å². The summed E-state index contributed by atoms with van der Waals surface area (Å²) < 4.78 is 0. The summed E-state index contributed by atoms with van der Waals surface area (Å²) in [5, 5.41) is 30.0. The zero-order valence-corrected chi connectivity index (χ0v) is 19.2. The fourth-order valence-electron chi connectivity index (χ4n) is 2.87. The van der Waals surface area contributed by atoms with Crippen molar-refractivity contribution in [3.8, 4) is 0 Å². The van der Waals surface area contributed by atoms with Crippen LogP contribution in [-0.4, -0.2) is 101 Å². The van der Waals surface area contributed by atoms with Crippen LogP contribution in [0.5, 0.6) is 0 Å². The molecule has 0 aliphatic carbocycles. The highest BCUT2D eigenvalue weighted by atomic mass is 32.2. The van der Waals surface area contributed by atoms with Gasteiger partial charge in [0, 0.05) is 11.8 Å². The number of hydrogen-bond acceptors (Lipinski definition) is 9. The number of carbonyl (C=O) groups is 6. The zero-order valence-electron chi connectivity index (χ0n) is 18.4. The van der Waals surface area contributed by atoms with Gasteiger partial charge in [-0.3, -0.25) is 28.8 Å². The maximum absolute atomic E-state index is 12.7. The number of primary amides is 1. The Morgan fingerprint density at radius 2 is 1.58 bits per heavy atom. The third kappa shape index (κ3) is 8.51. The van der Waals surface area contributed by atoms with E-state index >= 15 is 0 Å². The molecule has 1 saturated heterocycles. The number of aliphatic hydroxyl groups is 1. The molecule has 0 aromatic carbocycles. The summed E-state index contributed by atoms with van der Waals surface area (Å²) >= 11 is 0.858. The number of aliphatic hydroxyl groups excluding tert-OH is 1. The topological polar surface area (TPSA) is 229 Å². The lowest BCUT2D eigenvalue weighted by Crippen LogP contribution is -2.59. The van der Waals surface area contributed by atoms with Gasteiger partial charge in [0.15, 0.2) is 0 Å². The summed E-state index contributed by atoms with van der Waals surface area (Å²) in [6.07, 6.45) is -0.563. The average Bonchev–Trinajstić information content (AvgIpc) is 2.72. The number of thioether (sulfide) groups is 1. The Bertz CT molecular complexity index is 781. The van der Waals surface area contributed by atoms with Gasteiger partial charge in [0.05, 0.1) is 19.1 Å². The third-order valence-electron chi connectivity index (χ3n) is 4.78. The molecule has 1 aliphatic rings. The molecule has 1 aliphatic heterocycles. The van der Waals surface area contributed by atoms with Crippen molar-refractivity contribution in [2.45, 2.75) is 55.7 Å². The van der Waals surface area contributed by atoms with Gasteiger partial charge in [-0.25, -0.2) is 0 Å². The highest BCUT2D eigenvalue weighted by Crippen LogP contribution is 2.17. The predicted octanol–water partition coefficient (Wildman–Crippen LogP) is -4.38. The van der Waals surface area contributed by atoms with Gasteiger partial charge in [-0.1, -0.05) is 0 Å². The maximum Gasteiger partial charge on any atom is 0.318 e. The van der Waals surface area contributed by atoms with Gasteiger partial charge in [0.2, 0.25) is 29.5 Å². The number of carboxylic acids is 1. The van der Waals surface area contributed by atoms with Crippen LogP contribution in [0.15, 0.2) is 0 Å². The van der Waals surface area contributed by atoms with Crippen LogP contribution in [0, 0.1) is 0 Å². The molecule has 6 atom stereocenters. The van der Waals surface area contributed by atoms with Crippen molar-refractivity contribution in [2.75, 3.05) is 19.4 Å². The van der Waals surface area contributed by atoms with Crippen molar-refractivity contribution >= 4 is 47.3 Å². The van der Waals surface area contributed by atoms with E-state index in [0.29, 0.717) is 0 Å². The number of rotatable bonds is 5. The molecular formula is C18H30N6O8S. The minimum Gasteiger partial charge on any atom is -0.480 e. The summed E-state index contributed by atoms with van der Waals surface area (Å²) in [6.45, 7) is 1.95. The van der Waals surface area contributed by atoms with Crippen LogP contribution >= 0.6 is 11.8 Å². The number of hydrogen-bond donors (Lipinski definition) is 8. The van der Waals surface area contributed by atoms with E-state index in [9.17, 15) is 39.0 Å². The molecule has 0 bridgehead atoms. The van der Waals surface area contributed by atoms with Crippen molar-refractivity contribution < 1.29 is 39.0 Å². The van der Waals surface area contributed by atoms with Crippen LogP contribution in [0.2, 0.25) is 0 Å². The fraction of sp³-hybridized carbons (Fsp3) is 0.667. The maximum atomic E-state index is 12.7. The smallest absolute Gasteiger partial charge is 0.318 e. The Hall–Kier alpha value is -2.91. The van der Waals surface area contributed by atoms with Crippen LogP contribution < -0.4 is 32.3 Å². The van der Waals surface area contributed by atoms with Crippen LogP contribution in [0.25, 0.3) is 0 Å². The minimum absolute atomic E-state index is 0.0445. The highest BCUT2D eigenvalue weighted by Gasteiger charge is 2.34. The summed E-state index contributed by atoms with van der Waals surface area (Å²) in [5.74, 6) is -5.43. The molecule has 14 nitrogen and oxygen atoms in total. The number of carboxylic acid groups (broad SMARTS) is 1. The van der Waals surface area contributed by atoms with Gasteiger partial charge >= 0.3 is 5.97 Å². The Labute approximate surface area is 194 Å². The lowest BCUT2D eigenvalue weighted by molar-refractivity contribution is -0.138. The van der Waals surface area contributed by atoms with Crippen LogP contribution in [0.1, 0.15) is 20.3 Å². The van der Waals surface area contributed by atoms with E-state index in [2.05, 4.69) is 26.6 Å². The van der Waals surface area contributed by atoms with E-state index in [-0.39, 0.29) is 5.75 Å². The van der Waals surface area contributed by atoms with Gasteiger partial charge < -0.3 is 42.5 Å². The number of carbonyl (C=O) groups excluding carboxylic acids is 5. The largest absolute Gasteiger partial charge is 0.480 e. The molecule has 1 rings (SSSR count). The Balaban J connectivity index is 3.29. The first-order valence-corrected chi connectivity index (χ1v) is 11.1. The molecule has 186 valence electrons. The molecule has 5 amide bonds. The molecule has 0 saturated carbocycles. The SMILES string of the molecule is CNC1CSC(C(=O)O)C(C)NC(=O)C(CC(N)=O)NC(=O)[C@H](C)NC(=O)C(CO)NC1=O. The fourth-order valence-corrected chi connectivity index (χ4v) is 4.09. The summed E-state index contributed by atoms with van der Waals surface area (Å²) in [5.41, 5.74) is 5.16. The van der Waals surface area contributed by atoms with E-state index in [1.54, 1.807) is 0 Å². The number of nitrogens with two attached hydrogens (primary N) is 1. The quantitative estimate of drug-likeness (QED) is 0.184.